The molecule has 1 saturated heterocycles. The van der Waals surface area contributed by atoms with Gasteiger partial charge in [-0.2, -0.15) is 0 Å². The van der Waals surface area contributed by atoms with Crippen molar-refractivity contribution >= 4 is 6.09 Å². The Labute approximate surface area is 142 Å². The number of benzene rings is 1. The van der Waals surface area contributed by atoms with Crippen LogP contribution in [0, 0.1) is 5.82 Å². The first-order chi connectivity index (χ1) is 11.8. The molecule has 1 unspecified atom stereocenters. The van der Waals surface area contributed by atoms with Crippen molar-refractivity contribution in [1.29, 1.82) is 0 Å². The Balaban J connectivity index is 1.91. The van der Waals surface area contributed by atoms with Crippen LogP contribution in [0.4, 0.5) is 18.0 Å². The van der Waals surface area contributed by atoms with Crippen LogP contribution in [0.1, 0.15) is 25.1 Å². The van der Waals surface area contributed by atoms with Crippen LogP contribution in [-0.2, 0) is 17.2 Å². The molecule has 0 bridgehead atoms. The first-order valence-electron chi connectivity index (χ1n) is 7.68. The van der Waals surface area contributed by atoms with Crippen molar-refractivity contribution in [1.82, 2.24) is 14.9 Å². The van der Waals surface area contributed by atoms with Gasteiger partial charge in [0.15, 0.2) is 0 Å². The summed E-state index contributed by atoms with van der Waals surface area (Å²) in [6.45, 7) is 2.98. The average Bonchev–Trinajstić information content (AvgIpc) is 2.86. The first-order valence-corrected chi connectivity index (χ1v) is 7.68. The Kier molecular flexibility index (Phi) is 4.36. The summed E-state index contributed by atoms with van der Waals surface area (Å²) in [4.78, 5) is 21.6. The Morgan fingerprint density at radius 1 is 1.36 bits per heavy atom. The predicted molar refractivity (Wildman–Crippen MR) is 83.3 cm³/mol. The molecule has 2 aromatic rings. The van der Waals surface area contributed by atoms with E-state index in [1.807, 2.05) is 6.92 Å². The summed E-state index contributed by atoms with van der Waals surface area (Å²) in [5.41, 5.74) is 0.429. The molecule has 1 aromatic carbocycles. The van der Waals surface area contributed by atoms with E-state index in [0.717, 1.165) is 12.1 Å². The molecule has 132 valence electrons. The number of nitrogens with zero attached hydrogens (tertiary/aromatic N) is 3. The maximum Gasteiger partial charge on any atom is 0.410 e. The molecule has 1 fully saturated rings. The number of cyclic esters (lactones) is 1. The third kappa shape index (κ3) is 3.57. The minimum Gasteiger partial charge on any atom is -0.447 e. The van der Waals surface area contributed by atoms with E-state index in [1.165, 1.54) is 23.4 Å². The molecule has 3 rings (SSSR count). The van der Waals surface area contributed by atoms with Gasteiger partial charge in [-0.25, -0.2) is 22.9 Å². The van der Waals surface area contributed by atoms with Gasteiger partial charge in [-0.1, -0.05) is 0 Å². The number of aromatic nitrogens is 2. The topological polar surface area (TPSA) is 55.3 Å². The van der Waals surface area contributed by atoms with Gasteiger partial charge in [0.1, 0.15) is 12.4 Å². The smallest absolute Gasteiger partial charge is 0.410 e. The van der Waals surface area contributed by atoms with E-state index in [9.17, 15) is 18.0 Å². The summed E-state index contributed by atoms with van der Waals surface area (Å²) in [6.07, 6.45) is 2.45. The van der Waals surface area contributed by atoms with Gasteiger partial charge in [0.2, 0.25) is 0 Å². The van der Waals surface area contributed by atoms with E-state index >= 15 is 0 Å². The Morgan fingerprint density at radius 2 is 2.12 bits per heavy atom. The highest BCUT2D eigenvalue weighted by Crippen LogP contribution is 2.32. The Morgan fingerprint density at radius 3 is 2.76 bits per heavy atom. The molecule has 0 N–H and O–H groups in total. The Bertz CT molecular complexity index is 808. The zero-order valence-electron chi connectivity index (χ0n) is 13.7. The van der Waals surface area contributed by atoms with Crippen LogP contribution in [0.25, 0.3) is 11.3 Å². The minimum atomic E-state index is -3.31. The summed E-state index contributed by atoms with van der Waals surface area (Å²) in [6, 6.07) is 3.33. The van der Waals surface area contributed by atoms with Crippen molar-refractivity contribution in [3.63, 3.8) is 0 Å². The third-order valence-corrected chi connectivity index (χ3v) is 3.97. The van der Waals surface area contributed by atoms with Gasteiger partial charge in [-0.3, -0.25) is 9.88 Å². The van der Waals surface area contributed by atoms with Crippen molar-refractivity contribution in [2.45, 2.75) is 32.4 Å². The predicted octanol–water partition coefficient (Wildman–Crippen LogP) is 3.74. The molecule has 1 aliphatic rings. The summed E-state index contributed by atoms with van der Waals surface area (Å²) < 4.78 is 45.6. The molecule has 1 aliphatic heterocycles. The molecule has 0 radical (unpaired) electrons. The third-order valence-electron chi connectivity index (χ3n) is 3.97. The zero-order chi connectivity index (χ0) is 18.2. The fourth-order valence-corrected chi connectivity index (χ4v) is 2.58. The van der Waals surface area contributed by atoms with Crippen molar-refractivity contribution in [3.05, 3.63) is 47.7 Å². The second kappa shape index (κ2) is 6.34. The number of amides is 1. The molecule has 1 aromatic heterocycles. The SMILES string of the molecule is CC1COC(=O)N1Cc1cncc(-c2ccc(F)c(C(C)(F)F)c2)n1. The molecule has 1 amide bonds. The maximum absolute atomic E-state index is 13.6. The maximum atomic E-state index is 13.6. The van der Waals surface area contributed by atoms with Gasteiger partial charge in [0.05, 0.1) is 41.9 Å². The molecular formula is C17H16F3N3O2. The largest absolute Gasteiger partial charge is 0.447 e. The zero-order valence-corrected chi connectivity index (χ0v) is 13.7. The molecule has 1 atom stereocenters. The van der Waals surface area contributed by atoms with Crippen LogP contribution in [0.5, 0.6) is 0 Å². The van der Waals surface area contributed by atoms with Crippen LogP contribution in [-0.4, -0.2) is 33.6 Å². The van der Waals surface area contributed by atoms with Crippen molar-refractivity contribution in [2.75, 3.05) is 6.61 Å². The lowest BCUT2D eigenvalue weighted by Crippen LogP contribution is -2.30. The average molecular weight is 351 g/mol. The molecule has 0 saturated carbocycles. The van der Waals surface area contributed by atoms with Crippen LogP contribution in [0.3, 0.4) is 0 Å². The van der Waals surface area contributed by atoms with Crippen molar-refractivity contribution < 1.29 is 22.7 Å². The fourth-order valence-electron chi connectivity index (χ4n) is 2.58. The molecule has 2 heterocycles. The second-order valence-corrected chi connectivity index (χ2v) is 6.03. The number of hydrogen-bond acceptors (Lipinski definition) is 4. The van der Waals surface area contributed by atoms with E-state index in [1.54, 1.807) is 0 Å². The molecular weight excluding hydrogens is 335 g/mol. The summed E-state index contributed by atoms with van der Waals surface area (Å²) >= 11 is 0. The number of hydrogen-bond donors (Lipinski definition) is 0. The number of alkyl halides is 2. The Hall–Kier alpha value is -2.64. The molecule has 5 nitrogen and oxygen atoms in total. The van der Waals surface area contributed by atoms with Crippen LogP contribution < -0.4 is 0 Å². The number of carbonyl (C=O) groups excluding carboxylic acids is 1. The highest BCUT2D eigenvalue weighted by Gasteiger charge is 2.30. The van der Waals surface area contributed by atoms with E-state index in [2.05, 4.69) is 9.97 Å². The monoisotopic (exact) mass is 351 g/mol. The van der Waals surface area contributed by atoms with Crippen LogP contribution in [0.15, 0.2) is 30.6 Å². The quantitative estimate of drug-likeness (QED) is 0.842. The highest BCUT2D eigenvalue weighted by atomic mass is 19.3. The van der Waals surface area contributed by atoms with Crippen molar-refractivity contribution in [2.24, 2.45) is 0 Å². The standard InChI is InChI=1S/C17H16F3N3O2/c1-10-9-25-16(24)23(10)8-12-6-21-7-15(22-12)11-3-4-14(18)13(5-11)17(2,19)20/h3-7,10H,8-9H2,1-2H3. The number of carbonyl (C=O) groups is 1. The normalized spacial score (nSPS) is 17.7. The van der Waals surface area contributed by atoms with Crippen LogP contribution >= 0.6 is 0 Å². The highest BCUT2D eigenvalue weighted by molar-refractivity contribution is 5.70. The van der Waals surface area contributed by atoms with Gasteiger partial charge in [-0.05, 0) is 25.1 Å². The van der Waals surface area contributed by atoms with Gasteiger partial charge >= 0.3 is 6.09 Å². The fraction of sp³-hybridized carbons (Fsp3) is 0.353. The van der Waals surface area contributed by atoms with Gasteiger partial charge in [0.25, 0.3) is 5.92 Å². The number of halogens is 3. The molecule has 8 heteroatoms. The summed E-state index contributed by atoms with van der Waals surface area (Å²) in [5.74, 6) is -4.28. The summed E-state index contributed by atoms with van der Waals surface area (Å²) in [5, 5.41) is 0. The minimum absolute atomic E-state index is 0.0887. The van der Waals surface area contributed by atoms with Crippen LogP contribution in [0.2, 0.25) is 0 Å². The second-order valence-electron chi connectivity index (χ2n) is 6.03. The number of ether oxygens (including phenoxy) is 1. The van der Waals surface area contributed by atoms with E-state index in [0.29, 0.717) is 30.5 Å². The van der Waals surface area contributed by atoms with Gasteiger partial charge < -0.3 is 4.74 Å². The van der Waals surface area contributed by atoms with E-state index in [4.69, 9.17) is 4.74 Å². The first kappa shape index (κ1) is 17.2. The van der Waals surface area contributed by atoms with E-state index in [-0.39, 0.29) is 12.6 Å². The number of rotatable bonds is 4. The molecule has 0 spiro atoms. The molecule has 0 aliphatic carbocycles. The van der Waals surface area contributed by atoms with E-state index < -0.39 is 23.4 Å². The lowest BCUT2D eigenvalue weighted by atomic mass is 10.0. The van der Waals surface area contributed by atoms with Gasteiger partial charge in [0, 0.05) is 12.5 Å². The lowest BCUT2D eigenvalue weighted by molar-refractivity contribution is 0.0138. The molecule has 25 heavy (non-hydrogen) atoms. The van der Waals surface area contributed by atoms with Gasteiger partial charge in [-0.15, -0.1) is 0 Å². The lowest BCUT2D eigenvalue weighted by Gasteiger charge is -2.17. The van der Waals surface area contributed by atoms with Crippen molar-refractivity contribution in [3.8, 4) is 11.3 Å². The summed E-state index contributed by atoms with van der Waals surface area (Å²) in [7, 11) is 0.